The minimum Gasteiger partial charge on any atom is -0.421 e. The van der Waals surface area contributed by atoms with Gasteiger partial charge in [-0.05, 0) is 17.7 Å². The molecule has 2 heterocycles. The SMILES string of the molecule is CCc1nnc(-c2ccc(=O)n(CC(=O)NCc3ccccc3Cl)c2)o1. The van der Waals surface area contributed by atoms with E-state index >= 15 is 0 Å². The molecule has 134 valence electrons. The Morgan fingerprint density at radius 3 is 2.77 bits per heavy atom. The summed E-state index contributed by atoms with van der Waals surface area (Å²) in [5, 5.41) is 11.2. The van der Waals surface area contributed by atoms with E-state index in [9.17, 15) is 9.59 Å². The van der Waals surface area contributed by atoms with Crippen LogP contribution in [0, 0.1) is 0 Å². The summed E-state index contributed by atoms with van der Waals surface area (Å²) >= 11 is 6.07. The standard InChI is InChI=1S/C18H17ClN4O3/c1-2-16-21-22-18(26-16)13-7-8-17(25)23(10-13)11-15(24)20-9-12-5-3-4-6-14(12)19/h3-8,10H,2,9,11H2,1H3,(H,20,24). The van der Waals surface area contributed by atoms with Crippen molar-refractivity contribution < 1.29 is 9.21 Å². The van der Waals surface area contributed by atoms with Gasteiger partial charge in [-0.25, -0.2) is 0 Å². The topological polar surface area (TPSA) is 90.0 Å². The van der Waals surface area contributed by atoms with Crippen molar-refractivity contribution in [3.05, 3.63) is 69.4 Å². The van der Waals surface area contributed by atoms with Crippen LogP contribution in [0.3, 0.4) is 0 Å². The molecule has 0 bridgehead atoms. The summed E-state index contributed by atoms with van der Waals surface area (Å²) in [5.74, 6) is 0.520. The van der Waals surface area contributed by atoms with Crippen LogP contribution >= 0.6 is 11.6 Å². The number of halogens is 1. The van der Waals surface area contributed by atoms with Crippen LogP contribution in [0.4, 0.5) is 0 Å². The van der Waals surface area contributed by atoms with E-state index in [0.717, 1.165) is 5.56 Å². The molecule has 1 aromatic carbocycles. The van der Waals surface area contributed by atoms with E-state index in [4.69, 9.17) is 16.0 Å². The number of pyridine rings is 1. The second kappa shape index (κ2) is 7.97. The maximum absolute atomic E-state index is 12.2. The monoisotopic (exact) mass is 372 g/mol. The highest BCUT2D eigenvalue weighted by Crippen LogP contribution is 2.16. The fourth-order valence-corrected chi connectivity index (χ4v) is 2.54. The number of carbonyl (C=O) groups is 1. The summed E-state index contributed by atoms with van der Waals surface area (Å²) in [7, 11) is 0. The predicted molar refractivity (Wildman–Crippen MR) is 96.7 cm³/mol. The lowest BCUT2D eigenvalue weighted by molar-refractivity contribution is -0.121. The average molecular weight is 373 g/mol. The third kappa shape index (κ3) is 4.18. The van der Waals surface area contributed by atoms with Crippen molar-refractivity contribution in [3.63, 3.8) is 0 Å². The number of carbonyl (C=O) groups excluding carboxylic acids is 1. The molecule has 0 aliphatic heterocycles. The number of aromatic nitrogens is 3. The van der Waals surface area contributed by atoms with Gasteiger partial charge in [0, 0.05) is 30.3 Å². The van der Waals surface area contributed by atoms with Gasteiger partial charge in [0.1, 0.15) is 6.54 Å². The largest absolute Gasteiger partial charge is 0.421 e. The number of nitrogens with one attached hydrogen (secondary N) is 1. The van der Waals surface area contributed by atoms with Crippen LogP contribution in [0.25, 0.3) is 11.5 Å². The molecule has 0 aliphatic carbocycles. The molecule has 8 heteroatoms. The minimum absolute atomic E-state index is 0.119. The van der Waals surface area contributed by atoms with Gasteiger partial charge in [-0.3, -0.25) is 9.59 Å². The molecule has 0 spiro atoms. The number of benzene rings is 1. The first-order valence-electron chi connectivity index (χ1n) is 8.10. The van der Waals surface area contributed by atoms with E-state index in [1.807, 2.05) is 25.1 Å². The zero-order chi connectivity index (χ0) is 18.5. The molecular formula is C18H17ClN4O3. The zero-order valence-corrected chi connectivity index (χ0v) is 14.9. The lowest BCUT2D eigenvalue weighted by atomic mass is 10.2. The van der Waals surface area contributed by atoms with Crippen LogP contribution in [0.2, 0.25) is 5.02 Å². The molecule has 7 nitrogen and oxygen atoms in total. The molecule has 3 rings (SSSR count). The van der Waals surface area contributed by atoms with Gasteiger partial charge in [-0.15, -0.1) is 10.2 Å². The van der Waals surface area contributed by atoms with E-state index < -0.39 is 0 Å². The van der Waals surface area contributed by atoms with Crippen LogP contribution in [-0.2, 0) is 24.3 Å². The zero-order valence-electron chi connectivity index (χ0n) is 14.1. The molecule has 2 aromatic heterocycles. The van der Waals surface area contributed by atoms with Crippen molar-refractivity contribution >= 4 is 17.5 Å². The number of rotatable bonds is 6. The van der Waals surface area contributed by atoms with Gasteiger partial charge in [-0.2, -0.15) is 0 Å². The number of aryl methyl sites for hydroxylation is 1. The Bertz CT molecular complexity index is 980. The van der Waals surface area contributed by atoms with Crippen molar-refractivity contribution in [2.45, 2.75) is 26.4 Å². The van der Waals surface area contributed by atoms with Gasteiger partial charge in [-0.1, -0.05) is 36.7 Å². The summed E-state index contributed by atoms with van der Waals surface area (Å²) in [6.07, 6.45) is 2.15. The number of hydrogen-bond acceptors (Lipinski definition) is 5. The second-order valence-corrected chi connectivity index (χ2v) is 6.01. The first-order valence-corrected chi connectivity index (χ1v) is 8.48. The first-order chi connectivity index (χ1) is 12.6. The number of amides is 1. The lowest BCUT2D eigenvalue weighted by Gasteiger charge is -2.09. The molecule has 0 saturated carbocycles. The van der Waals surface area contributed by atoms with Crippen molar-refractivity contribution in [3.8, 4) is 11.5 Å². The van der Waals surface area contributed by atoms with E-state index in [0.29, 0.717) is 28.8 Å². The van der Waals surface area contributed by atoms with Crippen LogP contribution in [0.5, 0.6) is 0 Å². The van der Waals surface area contributed by atoms with E-state index in [-0.39, 0.29) is 24.6 Å². The Kier molecular flexibility index (Phi) is 5.48. The summed E-state index contributed by atoms with van der Waals surface area (Å²) < 4.78 is 6.78. The fourth-order valence-electron chi connectivity index (χ4n) is 2.34. The molecule has 0 unspecified atom stereocenters. The van der Waals surface area contributed by atoms with Crippen LogP contribution in [-0.4, -0.2) is 20.7 Å². The van der Waals surface area contributed by atoms with E-state index in [1.165, 1.54) is 16.8 Å². The highest BCUT2D eigenvalue weighted by molar-refractivity contribution is 6.31. The van der Waals surface area contributed by atoms with Crippen LogP contribution < -0.4 is 10.9 Å². The van der Waals surface area contributed by atoms with Crippen molar-refractivity contribution in [2.24, 2.45) is 0 Å². The van der Waals surface area contributed by atoms with Gasteiger partial charge in [0.2, 0.25) is 17.7 Å². The molecule has 3 aromatic rings. The van der Waals surface area contributed by atoms with Gasteiger partial charge < -0.3 is 14.3 Å². The molecule has 0 radical (unpaired) electrons. The minimum atomic E-state index is -0.302. The molecule has 0 aliphatic rings. The van der Waals surface area contributed by atoms with Crippen molar-refractivity contribution in [1.82, 2.24) is 20.1 Å². The van der Waals surface area contributed by atoms with Gasteiger partial charge in [0.25, 0.3) is 5.56 Å². The molecule has 1 amide bonds. The third-order valence-electron chi connectivity index (χ3n) is 3.75. The van der Waals surface area contributed by atoms with Crippen LogP contribution in [0.1, 0.15) is 18.4 Å². The Hall–Kier alpha value is -2.93. The fraction of sp³-hybridized carbons (Fsp3) is 0.222. The van der Waals surface area contributed by atoms with Crippen molar-refractivity contribution in [2.75, 3.05) is 0 Å². The highest BCUT2D eigenvalue weighted by atomic mass is 35.5. The maximum Gasteiger partial charge on any atom is 0.251 e. The summed E-state index contributed by atoms with van der Waals surface area (Å²) in [4.78, 5) is 24.2. The van der Waals surface area contributed by atoms with Crippen molar-refractivity contribution in [1.29, 1.82) is 0 Å². The lowest BCUT2D eigenvalue weighted by Crippen LogP contribution is -2.31. The third-order valence-corrected chi connectivity index (χ3v) is 4.12. The summed E-state index contributed by atoms with van der Waals surface area (Å²) in [6.45, 7) is 2.07. The Balaban J connectivity index is 1.70. The quantitative estimate of drug-likeness (QED) is 0.717. The second-order valence-electron chi connectivity index (χ2n) is 5.61. The van der Waals surface area contributed by atoms with E-state index in [1.54, 1.807) is 12.1 Å². The first kappa shape index (κ1) is 17.9. The number of hydrogen-bond donors (Lipinski definition) is 1. The van der Waals surface area contributed by atoms with Gasteiger partial charge in [0.15, 0.2) is 0 Å². The molecule has 0 fully saturated rings. The summed E-state index contributed by atoms with van der Waals surface area (Å²) in [6, 6.07) is 10.2. The number of nitrogens with zero attached hydrogens (tertiary/aromatic N) is 3. The maximum atomic E-state index is 12.2. The van der Waals surface area contributed by atoms with Gasteiger partial charge in [0.05, 0.1) is 5.56 Å². The molecule has 1 N–H and O–H groups in total. The van der Waals surface area contributed by atoms with E-state index in [2.05, 4.69) is 15.5 Å². The van der Waals surface area contributed by atoms with Crippen LogP contribution in [0.15, 0.2) is 51.8 Å². The average Bonchev–Trinajstić information content (AvgIpc) is 3.12. The Morgan fingerprint density at radius 2 is 2.04 bits per heavy atom. The molecule has 0 atom stereocenters. The van der Waals surface area contributed by atoms with Gasteiger partial charge >= 0.3 is 0 Å². The molecule has 26 heavy (non-hydrogen) atoms. The summed E-state index contributed by atoms with van der Waals surface area (Å²) in [5.41, 5.74) is 1.09. The highest BCUT2D eigenvalue weighted by Gasteiger charge is 2.11. The molecular weight excluding hydrogens is 356 g/mol. The normalized spacial score (nSPS) is 10.7. The smallest absolute Gasteiger partial charge is 0.251 e. The molecule has 0 saturated heterocycles. The Labute approximate surface area is 154 Å². The predicted octanol–water partition coefficient (Wildman–Crippen LogP) is 2.43. The Morgan fingerprint density at radius 1 is 1.23 bits per heavy atom.